The van der Waals surface area contributed by atoms with Crippen LogP contribution in [0.1, 0.15) is 26.2 Å². The van der Waals surface area contributed by atoms with Crippen molar-refractivity contribution < 1.29 is 9.53 Å². The highest BCUT2D eigenvalue weighted by Crippen LogP contribution is 2.28. The average Bonchev–Trinajstić information content (AvgIpc) is 2.54. The van der Waals surface area contributed by atoms with Crippen molar-refractivity contribution in [1.82, 2.24) is 4.90 Å². The van der Waals surface area contributed by atoms with E-state index < -0.39 is 0 Å². The van der Waals surface area contributed by atoms with E-state index in [2.05, 4.69) is 12.2 Å². The minimum Gasteiger partial charge on any atom is -0.495 e. The van der Waals surface area contributed by atoms with E-state index in [0.717, 1.165) is 25.1 Å². The average molecular weight is 413 g/mol. The van der Waals surface area contributed by atoms with Gasteiger partial charge < -0.3 is 20.7 Å². The highest BCUT2D eigenvalue weighted by molar-refractivity contribution is 6.30. The molecule has 1 aromatic carbocycles. The van der Waals surface area contributed by atoms with Gasteiger partial charge in [0.05, 0.1) is 12.8 Å². The molecule has 5 nitrogen and oxygen atoms in total. The molecule has 2 rings (SSSR count). The normalized spacial score (nSPS) is 19.4. The predicted octanol–water partition coefficient (Wildman–Crippen LogP) is 3.58. The summed E-state index contributed by atoms with van der Waals surface area (Å²) in [6.07, 6.45) is 2.48. The van der Waals surface area contributed by atoms with Gasteiger partial charge in [0.1, 0.15) is 5.75 Å². The highest BCUT2D eigenvalue weighted by atomic mass is 35.5. The maximum absolute atomic E-state index is 12.5. The molecule has 0 saturated carbocycles. The van der Waals surface area contributed by atoms with Gasteiger partial charge in [-0.25, -0.2) is 0 Å². The first-order chi connectivity index (χ1) is 11.0. The maximum Gasteiger partial charge on any atom is 0.224 e. The number of benzene rings is 1. The molecule has 0 aliphatic carbocycles. The van der Waals surface area contributed by atoms with Crippen molar-refractivity contribution in [1.29, 1.82) is 0 Å². The number of nitrogens with one attached hydrogen (secondary N) is 1. The Balaban J connectivity index is 0.00000288. The molecule has 0 radical (unpaired) electrons. The largest absolute Gasteiger partial charge is 0.495 e. The summed E-state index contributed by atoms with van der Waals surface area (Å²) < 4.78 is 5.29. The Bertz CT molecular complexity index is 546. The van der Waals surface area contributed by atoms with Gasteiger partial charge in [0.25, 0.3) is 0 Å². The summed E-state index contributed by atoms with van der Waals surface area (Å²) in [5, 5.41) is 3.86. The maximum atomic E-state index is 12.5. The topological polar surface area (TPSA) is 67.6 Å². The van der Waals surface area contributed by atoms with Gasteiger partial charge in [0.15, 0.2) is 0 Å². The minimum absolute atomic E-state index is 0. The highest BCUT2D eigenvalue weighted by Gasteiger charge is 2.28. The molecule has 1 fully saturated rings. The molecule has 1 amide bonds. The fourth-order valence-corrected chi connectivity index (χ4v) is 3.24. The van der Waals surface area contributed by atoms with Crippen molar-refractivity contribution >= 4 is 48.0 Å². The van der Waals surface area contributed by atoms with Crippen LogP contribution in [0.15, 0.2) is 18.2 Å². The first-order valence-electron chi connectivity index (χ1n) is 8.12. The number of hydrogen-bond donors (Lipinski definition) is 2. The zero-order chi connectivity index (χ0) is 16.8. The number of methoxy groups -OCH3 is 1. The number of anilines is 1. The molecule has 1 heterocycles. The van der Waals surface area contributed by atoms with Crippen molar-refractivity contribution in [2.45, 2.75) is 32.2 Å². The number of amides is 1. The Morgan fingerprint density at radius 1 is 1.44 bits per heavy atom. The Morgan fingerprint density at radius 3 is 2.80 bits per heavy atom. The fourth-order valence-electron chi connectivity index (χ4n) is 3.07. The molecule has 1 aromatic rings. The summed E-state index contributed by atoms with van der Waals surface area (Å²) in [6, 6.07) is 5.56. The van der Waals surface area contributed by atoms with E-state index in [4.69, 9.17) is 22.1 Å². The van der Waals surface area contributed by atoms with Crippen LogP contribution in [0.2, 0.25) is 5.02 Å². The van der Waals surface area contributed by atoms with E-state index in [1.807, 2.05) is 11.0 Å². The first-order valence-corrected chi connectivity index (χ1v) is 8.50. The number of rotatable bonds is 6. The van der Waals surface area contributed by atoms with Crippen LogP contribution < -0.4 is 15.8 Å². The van der Waals surface area contributed by atoms with Crippen molar-refractivity contribution in [3.05, 3.63) is 23.2 Å². The number of nitrogens with zero attached hydrogens (tertiary/aromatic N) is 1. The zero-order valence-electron chi connectivity index (χ0n) is 14.7. The van der Waals surface area contributed by atoms with Crippen LogP contribution in [0, 0.1) is 5.92 Å². The summed E-state index contributed by atoms with van der Waals surface area (Å²) >= 11 is 6.00. The summed E-state index contributed by atoms with van der Waals surface area (Å²) in [7, 11) is 1.61. The number of halogens is 3. The number of ether oxygens (including phenoxy) is 1. The van der Waals surface area contributed by atoms with Gasteiger partial charge in [-0.3, -0.25) is 4.79 Å². The number of likely N-dealkylation sites (tertiary alicyclic amines) is 1. The summed E-state index contributed by atoms with van der Waals surface area (Å²) in [5.41, 5.74) is 6.63. The molecule has 0 spiro atoms. The first kappa shape index (κ1) is 24.1. The molecule has 8 heteroatoms. The summed E-state index contributed by atoms with van der Waals surface area (Å²) in [4.78, 5) is 14.4. The Hall–Kier alpha value is -0.880. The molecule has 1 aliphatic heterocycles. The van der Waals surface area contributed by atoms with Crippen LogP contribution >= 0.6 is 36.4 Å². The third kappa shape index (κ3) is 6.74. The van der Waals surface area contributed by atoms with Crippen LogP contribution in [0.25, 0.3) is 0 Å². The van der Waals surface area contributed by atoms with Gasteiger partial charge >= 0.3 is 0 Å². The third-order valence-electron chi connectivity index (χ3n) is 4.39. The van der Waals surface area contributed by atoms with Gasteiger partial charge in [-0.05, 0) is 37.0 Å². The molecule has 144 valence electrons. The number of carbonyl (C=O) groups is 1. The Labute approximate surface area is 167 Å². The number of nitrogens with two attached hydrogens (primary N) is 1. The summed E-state index contributed by atoms with van der Waals surface area (Å²) in [5.74, 6) is 1.51. The Kier molecular flexibility index (Phi) is 11.3. The molecule has 2 atom stereocenters. The van der Waals surface area contributed by atoms with Crippen molar-refractivity contribution in [3.63, 3.8) is 0 Å². The van der Waals surface area contributed by atoms with Crippen LogP contribution in [-0.2, 0) is 4.79 Å². The van der Waals surface area contributed by atoms with E-state index >= 15 is 0 Å². The lowest BCUT2D eigenvalue weighted by Crippen LogP contribution is -2.49. The van der Waals surface area contributed by atoms with Crippen molar-refractivity contribution in [2.24, 2.45) is 11.7 Å². The molecule has 0 aromatic heterocycles. The summed E-state index contributed by atoms with van der Waals surface area (Å²) in [6.45, 7) is 4.10. The zero-order valence-corrected chi connectivity index (χ0v) is 17.1. The van der Waals surface area contributed by atoms with Gasteiger partial charge in [0, 0.05) is 37.1 Å². The second-order valence-electron chi connectivity index (χ2n) is 6.13. The van der Waals surface area contributed by atoms with Gasteiger partial charge in [-0.15, -0.1) is 24.8 Å². The molecule has 1 aliphatic rings. The molecule has 3 N–H and O–H groups in total. The smallest absolute Gasteiger partial charge is 0.224 e. The van der Waals surface area contributed by atoms with Crippen molar-refractivity contribution in [2.75, 3.05) is 32.1 Å². The third-order valence-corrected chi connectivity index (χ3v) is 4.62. The van der Waals surface area contributed by atoms with Crippen LogP contribution in [-0.4, -0.2) is 43.6 Å². The van der Waals surface area contributed by atoms with Gasteiger partial charge in [-0.2, -0.15) is 0 Å². The number of carbonyl (C=O) groups excluding carboxylic acids is 1. The monoisotopic (exact) mass is 411 g/mol. The van der Waals surface area contributed by atoms with Crippen LogP contribution in [0.4, 0.5) is 5.69 Å². The lowest BCUT2D eigenvalue weighted by Gasteiger charge is -2.38. The van der Waals surface area contributed by atoms with E-state index in [9.17, 15) is 4.79 Å². The van der Waals surface area contributed by atoms with E-state index in [0.29, 0.717) is 36.2 Å². The number of hydrogen-bond acceptors (Lipinski definition) is 4. The fraction of sp³-hybridized carbons (Fsp3) is 0.588. The lowest BCUT2D eigenvalue weighted by atomic mass is 9.92. The second-order valence-corrected chi connectivity index (χ2v) is 6.56. The second kappa shape index (κ2) is 11.7. The quantitative estimate of drug-likeness (QED) is 0.749. The molecule has 25 heavy (non-hydrogen) atoms. The number of piperidine rings is 1. The van der Waals surface area contributed by atoms with Crippen molar-refractivity contribution in [3.8, 4) is 5.75 Å². The minimum atomic E-state index is 0. The van der Waals surface area contributed by atoms with Crippen LogP contribution in [0.3, 0.4) is 0 Å². The van der Waals surface area contributed by atoms with Gasteiger partial charge in [-0.1, -0.05) is 18.5 Å². The van der Waals surface area contributed by atoms with Crippen LogP contribution in [0.5, 0.6) is 5.75 Å². The SMILES string of the molecule is COc1ccc(Cl)cc1NCCC(=O)N1CCC(C)CC1CN.Cl.Cl. The molecule has 0 bridgehead atoms. The Morgan fingerprint density at radius 2 is 2.16 bits per heavy atom. The van der Waals surface area contributed by atoms with E-state index in [-0.39, 0.29) is 36.8 Å². The lowest BCUT2D eigenvalue weighted by molar-refractivity contribution is -0.135. The molecular weight excluding hydrogens is 385 g/mol. The molecule has 2 unspecified atom stereocenters. The molecule has 1 saturated heterocycles. The van der Waals surface area contributed by atoms with E-state index in [1.54, 1.807) is 19.2 Å². The van der Waals surface area contributed by atoms with Gasteiger partial charge in [0.2, 0.25) is 5.91 Å². The molecular formula is C17H28Cl3N3O2. The standard InChI is InChI=1S/C17H26ClN3O2.2ClH/c1-12-6-8-21(14(9-12)11-19)17(22)5-7-20-15-10-13(18)3-4-16(15)23-2;;/h3-4,10,12,14,20H,5-9,11,19H2,1-2H3;2*1H. The predicted molar refractivity (Wildman–Crippen MR) is 109 cm³/mol. The van der Waals surface area contributed by atoms with E-state index in [1.165, 1.54) is 0 Å².